The van der Waals surface area contributed by atoms with Crippen molar-refractivity contribution < 1.29 is 19.4 Å². The Morgan fingerprint density at radius 3 is 2.74 bits per heavy atom. The Labute approximate surface area is 202 Å². The SMILES string of the molecule is CC(C)c1ccc2c(c1)OC1(O)C3=C(C(=O)C21NC(=O)c1cc2ccccc2n1C)C(N)CC=C3. The van der Waals surface area contributed by atoms with Gasteiger partial charge in [0.25, 0.3) is 11.7 Å². The Kier molecular flexibility index (Phi) is 4.47. The van der Waals surface area contributed by atoms with Gasteiger partial charge >= 0.3 is 0 Å². The van der Waals surface area contributed by atoms with Crippen LogP contribution in [0.25, 0.3) is 10.9 Å². The molecule has 1 aromatic heterocycles. The lowest BCUT2D eigenvalue weighted by molar-refractivity contribution is -0.154. The van der Waals surface area contributed by atoms with Crippen LogP contribution in [0, 0.1) is 0 Å². The minimum atomic E-state index is -2.11. The number of fused-ring (bicyclic) bond motifs is 5. The Morgan fingerprint density at radius 1 is 1.23 bits per heavy atom. The number of nitrogens with one attached hydrogen (secondary N) is 1. The van der Waals surface area contributed by atoms with Crippen LogP contribution in [0.4, 0.5) is 0 Å². The summed E-state index contributed by atoms with van der Waals surface area (Å²) in [5, 5.41) is 15.9. The lowest BCUT2D eigenvalue weighted by Crippen LogP contribution is -2.63. The summed E-state index contributed by atoms with van der Waals surface area (Å²) in [6, 6.07) is 14.4. The molecule has 3 unspecified atom stereocenters. The number of para-hydroxylation sites is 1. The molecule has 0 saturated carbocycles. The minimum absolute atomic E-state index is 0.216. The van der Waals surface area contributed by atoms with Crippen molar-refractivity contribution in [2.24, 2.45) is 12.8 Å². The second-order valence-corrected chi connectivity index (χ2v) is 9.91. The van der Waals surface area contributed by atoms with E-state index in [9.17, 15) is 14.7 Å². The molecule has 35 heavy (non-hydrogen) atoms. The number of rotatable bonds is 3. The molecular formula is C28H27N3O4. The Bertz CT molecular complexity index is 1500. The number of ether oxygens (including phenoxy) is 1. The summed E-state index contributed by atoms with van der Waals surface area (Å²) in [7, 11) is 1.80. The quantitative estimate of drug-likeness (QED) is 0.546. The smallest absolute Gasteiger partial charge is 0.270 e. The molecule has 2 heterocycles. The van der Waals surface area contributed by atoms with Crippen LogP contribution in [-0.2, 0) is 17.4 Å². The fraction of sp³-hybridized carbons (Fsp3) is 0.286. The predicted octanol–water partition coefficient (Wildman–Crippen LogP) is 3.17. The topological polar surface area (TPSA) is 107 Å². The number of aliphatic hydroxyl groups is 1. The third-order valence-corrected chi connectivity index (χ3v) is 7.61. The van der Waals surface area contributed by atoms with Crippen molar-refractivity contribution in [1.29, 1.82) is 0 Å². The van der Waals surface area contributed by atoms with E-state index in [1.807, 2.05) is 42.5 Å². The van der Waals surface area contributed by atoms with Gasteiger partial charge in [-0.2, -0.15) is 0 Å². The summed E-state index contributed by atoms with van der Waals surface area (Å²) in [5.74, 6) is -2.43. The summed E-state index contributed by atoms with van der Waals surface area (Å²) >= 11 is 0. The lowest BCUT2D eigenvalue weighted by Gasteiger charge is -2.35. The molecule has 3 atom stereocenters. The van der Waals surface area contributed by atoms with Gasteiger partial charge < -0.3 is 25.5 Å². The van der Waals surface area contributed by atoms with Crippen LogP contribution in [0.15, 0.2) is 71.8 Å². The van der Waals surface area contributed by atoms with Crippen LogP contribution in [0.2, 0.25) is 0 Å². The van der Waals surface area contributed by atoms with Crippen LogP contribution >= 0.6 is 0 Å². The van der Waals surface area contributed by atoms with E-state index in [2.05, 4.69) is 19.2 Å². The van der Waals surface area contributed by atoms with Crippen LogP contribution in [0.1, 0.15) is 47.8 Å². The molecule has 0 saturated heterocycles. The zero-order chi connectivity index (χ0) is 24.7. The summed E-state index contributed by atoms with van der Waals surface area (Å²) in [4.78, 5) is 27.9. The molecular weight excluding hydrogens is 442 g/mol. The number of amides is 1. The van der Waals surface area contributed by atoms with Gasteiger partial charge in [0.2, 0.25) is 5.54 Å². The summed E-state index contributed by atoms with van der Waals surface area (Å²) < 4.78 is 7.95. The standard InChI is InChI=1S/C28H27N3O4/c1-15(2)16-11-12-18-23(14-16)35-28(34)19-8-6-9-20(29)24(19)25(32)27(18,28)30-26(33)22-13-17-7-4-5-10-21(17)31(22)3/h4-8,10-15,20,34H,9,29H2,1-3H3,(H,30,33). The number of carbonyl (C=O) groups is 2. The van der Waals surface area contributed by atoms with Crippen molar-refractivity contribution in [3.8, 4) is 5.75 Å². The monoisotopic (exact) mass is 469 g/mol. The molecule has 178 valence electrons. The molecule has 1 aliphatic heterocycles. The number of nitrogens with two attached hydrogens (primary N) is 1. The maximum atomic E-state index is 14.1. The van der Waals surface area contributed by atoms with E-state index in [1.54, 1.807) is 29.8 Å². The van der Waals surface area contributed by atoms with Crippen LogP contribution in [0.5, 0.6) is 5.75 Å². The highest BCUT2D eigenvalue weighted by atomic mass is 16.6. The Balaban J connectivity index is 1.54. The number of carbonyl (C=O) groups excluding carboxylic acids is 2. The second kappa shape index (κ2) is 7.16. The summed E-state index contributed by atoms with van der Waals surface area (Å²) in [5.41, 5.74) is 7.76. The Morgan fingerprint density at radius 2 is 2.00 bits per heavy atom. The van der Waals surface area contributed by atoms with Crippen LogP contribution in [0.3, 0.4) is 0 Å². The van der Waals surface area contributed by atoms with Gasteiger partial charge in [-0.1, -0.05) is 56.3 Å². The molecule has 0 fully saturated rings. The molecule has 7 heteroatoms. The van der Waals surface area contributed by atoms with E-state index in [0.717, 1.165) is 16.5 Å². The first-order chi connectivity index (χ1) is 16.7. The highest BCUT2D eigenvalue weighted by molar-refractivity contribution is 6.14. The predicted molar refractivity (Wildman–Crippen MR) is 132 cm³/mol. The lowest BCUT2D eigenvalue weighted by atomic mass is 9.81. The molecule has 4 N–H and O–H groups in total. The summed E-state index contributed by atoms with van der Waals surface area (Å²) in [6.07, 6.45) is 3.98. The molecule has 0 radical (unpaired) electrons. The first kappa shape index (κ1) is 21.8. The number of benzene rings is 2. The molecule has 3 aliphatic rings. The third kappa shape index (κ3) is 2.68. The van der Waals surface area contributed by atoms with Crippen molar-refractivity contribution in [3.63, 3.8) is 0 Å². The van der Waals surface area contributed by atoms with E-state index >= 15 is 0 Å². The number of aromatic nitrogens is 1. The van der Waals surface area contributed by atoms with E-state index in [0.29, 0.717) is 34.6 Å². The zero-order valence-corrected chi connectivity index (χ0v) is 19.8. The van der Waals surface area contributed by atoms with Crippen molar-refractivity contribution in [1.82, 2.24) is 9.88 Å². The highest BCUT2D eigenvalue weighted by Gasteiger charge is 2.72. The van der Waals surface area contributed by atoms with E-state index < -0.39 is 29.1 Å². The van der Waals surface area contributed by atoms with Crippen molar-refractivity contribution in [2.75, 3.05) is 0 Å². The molecule has 3 aromatic rings. The second-order valence-electron chi connectivity index (χ2n) is 9.91. The fourth-order valence-corrected chi connectivity index (χ4v) is 5.72. The van der Waals surface area contributed by atoms with Gasteiger partial charge in [-0.25, -0.2) is 0 Å². The first-order valence-corrected chi connectivity index (χ1v) is 11.8. The number of hydrogen-bond acceptors (Lipinski definition) is 5. The van der Waals surface area contributed by atoms with Crippen molar-refractivity contribution in [3.05, 3.63) is 88.7 Å². The van der Waals surface area contributed by atoms with Gasteiger partial charge in [-0.3, -0.25) is 9.59 Å². The first-order valence-electron chi connectivity index (χ1n) is 11.8. The molecule has 7 nitrogen and oxygen atoms in total. The van der Waals surface area contributed by atoms with Gasteiger partial charge in [-0.15, -0.1) is 0 Å². The van der Waals surface area contributed by atoms with Crippen LogP contribution in [-0.4, -0.2) is 33.2 Å². The molecule has 6 rings (SSSR count). The molecule has 1 amide bonds. The van der Waals surface area contributed by atoms with Crippen molar-refractivity contribution in [2.45, 2.75) is 43.6 Å². The number of ketones is 1. The average Bonchev–Trinajstić information content (AvgIpc) is 3.37. The molecule has 2 aromatic carbocycles. The highest BCUT2D eigenvalue weighted by Crippen LogP contribution is 2.57. The zero-order valence-electron chi connectivity index (χ0n) is 19.8. The van der Waals surface area contributed by atoms with Gasteiger partial charge in [0, 0.05) is 40.7 Å². The maximum Gasteiger partial charge on any atom is 0.270 e. The van der Waals surface area contributed by atoms with E-state index in [4.69, 9.17) is 10.5 Å². The maximum absolute atomic E-state index is 14.1. The molecule has 2 aliphatic carbocycles. The van der Waals surface area contributed by atoms with Gasteiger partial charge in [-0.05, 0) is 36.1 Å². The number of hydrogen-bond donors (Lipinski definition) is 3. The van der Waals surface area contributed by atoms with Crippen LogP contribution < -0.4 is 15.8 Å². The minimum Gasteiger partial charge on any atom is -0.454 e. The number of aryl methyl sites for hydroxylation is 1. The van der Waals surface area contributed by atoms with Gasteiger partial charge in [0.1, 0.15) is 11.4 Å². The largest absolute Gasteiger partial charge is 0.454 e. The molecule has 0 bridgehead atoms. The number of Topliss-reactive ketones (excluding diaryl/α,β-unsaturated/α-hetero) is 1. The van der Waals surface area contributed by atoms with E-state index in [1.165, 1.54) is 0 Å². The normalized spacial score (nSPS) is 26.7. The van der Waals surface area contributed by atoms with Gasteiger partial charge in [0.15, 0.2) is 5.78 Å². The molecule has 0 spiro atoms. The average molecular weight is 470 g/mol. The third-order valence-electron chi connectivity index (χ3n) is 7.61. The summed E-state index contributed by atoms with van der Waals surface area (Å²) in [6.45, 7) is 4.11. The van der Waals surface area contributed by atoms with E-state index in [-0.39, 0.29) is 5.92 Å². The fourth-order valence-electron chi connectivity index (χ4n) is 5.72. The van der Waals surface area contributed by atoms with Crippen molar-refractivity contribution >= 4 is 22.6 Å². The number of nitrogens with zero attached hydrogens (tertiary/aromatic N) is 1. The Hall–Kier alpha value is -3.68. The van der Waals surface area contributed by atoms with Gasteiger partial charge in [0.05, 0.1) is 0 Å².